The quantitative estimate of drug-likeness (QED) is 0.902. The number of carboxylic acids is 1. The van der Waals surface area contributed by atoms with Crippen molar-refractivity contribution in [3.05, 3.63) is 44.6 Å². The standard InChI is InChI=1S/C12H9BrO2S/c1-7-2-3-8(9(4-7)12(14)15)10-5-16-6-11(10)13/h2-6H,1H3,(H,14,15). The molecule has 0 saturated heterocycles. The Morgan fingerprint density at radius 2 is 2.06 bits per heavy atom. The largest absolute Gasteiger partial charge is 0.478 e. The highest BCUT2D eigenvalue weighted by molar-refractivity contribution is 9.10. The van der Waals surface area contributed by atoms with Crippen molar-refractivity contribution in [2.75, 3.05) is 0 Å². The summed E-state index contributed by atoms with van der Waals surface area (Å²) < 4.78 is 0.934. The number of thiophene rings is 1. The molecule has 0 atom stereocenters. The van der Waals surface area contributed by atoms with Crippen molar-refractivity contribution in [1.29, 1.82) is 0 Å². The smallest absolute Gasteiger partial charge is 0.336 e. The molecule has 0 bridgehead atoms. The average molecular weight is 297 g/mol. The van der Waals surface area contributed by atoms with Crippen LogP contribution in [0.3, 0.4) is 0 Å². The van der Waals surface area contributed by atoms with Crippen LogP contribution in [0.2, 0.25) is 0 Å². The van der Waals surface area contributed by atoms with E-state index < -0.39 is 5.97 Å². The molecule has 1 N–H and O–H groups in total. The Labute approximate surface area is 106 Å². The highest BCUT2D eigenvalue weighted by Crippen LogP contribution is 2.34. The molecule has 0 aliphatic carbocycles. The van der Waals surface area contributed by atoms with Gasteiger partial charge in [0.15, 0.2) is 0 Å². The van der Waals surface area contributed by atoms with E-state index >= 15 is 0 Å². The second-order valence-electron chi connectivity index (χ2n) is 3.49. The highest BCUT2D eigenvalue weighted by atomic mass is 79.9. The minimum Gasteiger partial charge on any atom is -0.478 e. The molecule has 0 fully saturated rings. The second-order valence-corrected chi connectivity index (χ2v) is 5.09. The van der Waals surface area contributed by atoms with Gasteiger partial charge in [0, 0.05) is 15.4 Å². The molecular weight excluding hydrogens is 288 g/mol. The number of carboxylic acid groups (broad SMARTS) is 1. The van der Waals surface area contributed by atoms with Gasteiger partial charge in [0.2, 0.25) is 0 Å². The molecule has 2 rings (SSSR count). The van der Waals surface area contributed by atoms with Gasteiger partial charge in [0.25, 0.3) is 0 Å². The molecule has 1 heterocycles. The summed E-state index contributed by atoms with van der Waals surface area (Å²) in [5, 5.41) is 13.1. The molecule has 0 radical (unpaired) electrons. The van der Waals surface area contributed by atoms with Gasteiger partial charge in [-0.3, -0.25) is 0 Å². The number of hydrogen-bond acceptors (Lipinski definition) is 2. The maximum atomic E-state index is 11.2. The fraction of sp³-hybridized carbons (Fsp3) is 0.0833. The van der Waals surface area contributed by atoms with Gasteiger partial charge in [-0.2, -0.15) is 11.3 Å². The molecule has 0 spiro atoms. The van der Waals surface area contributed by atoms with Crippen molar-refractivity contribution in [2.45, 2.75) is 6.92 Å². The molecule has 0 aliphatic heterocycles. The molecule has 0 amide bonds. The van der Waals surface area contributed by atoms with Gasteiger partial charge in [0.1, 0.15) is 0 Å². The summed E-state index contributed by atoms with van der Waals surface area (Å²) in [5.41, 5.74) is 2.99. The van der Waals surface area contributed by atoms with Crippen LogP contribution < -0.4 is 0 Å². The molecule has 2 aromatic rings. The molecule has 1 aromatic carbocycles. The third-order valence-electron chi connectivity index (χ3n) is 2.31. The first-order valence-corrected chi connectivity index (χ1v) is 6.39. The minimum absolute atomic E-state index is 0.346. The predicted octanol–water partition coefficient (Wildman–Crippen LogP) is 4.18. The van der Waals surface area contributed by atoms with Gasteiger partial charge in [-0.25, -0.2) is 4.79 Å². The molecule has 2 nitrogen and oxygen atoms in total. The summed E-state index contributed by atoms with van der Waals surface area (Å²) in [4.78, 5) is 11.2. The van der Waals surface area contributed by atoms with E-state index in [2.05, 4.69) is 15.9 Å². The number of hydrogen-bond donors (Lipinski definition) is 1. The third kappa shape index (κ3) is 2.03. The Morgan fingerprint density at radius 1 is 1.31 bits per heavy atom. The number of aromatic carboxylic acids is 1. The molecule has 4 heteroatoms. The maximum absolute atomic E-state index is 11.2. The van der Waals surface area contributed by atoms with Crippen molar-refractivity contribution in [1.82, 2.24) is 0 Å². The van der Waals surface area contributed by atoms with E-state index in [-0.39, 0.29) is 0 Å². The van der Waals surface area contributed by atoms with Crippen LogP contribution in [-0.2, 0) is 0 Å². The van der Waals surface area contributed by atoms with E-state index in [0.29, 0.717) is 5.56 Å². The van der Waals surface area contributed by atoms with Gasteiger partial charge in [-0.15, -0.1) is 0 Å². The van der Waals surface area contributed by atoms with E-state index in [9.17, 15) is 4.79 Å². The van der Waals surface area contributed by atoms with Gasteiger partial charge in [0.05, 0.1) is 5.56 Å². The summed E-state index contributed by atoms with van der Waals surface area (Å²) in [6, 6.07) is 5.47. The van der Waals surface area contributed by atoms with E-state index in [1.165, 1.54) is 0 Å². The molecule has 0 saturated carbocycles. The molecule has 82 valence electrons. The maximum Gasteiger partial charge on any atom is 0.336 e. The van der Waals surface area contributed by atoms with E-state index in [1.807, 2.05) is 29.8 Å². The summed E-state index contributed by atoms with van der Waals surface area (Å²) in [5.74, 6) is -0.892. The van der Waals surface area contributed by atoms with Crippen LogP contribution >= 0.6 is 27.3 Å². The van der Waals surface area contributed by atoms with Gasteiger partial charge in [-0.05, 0) is 39.9 Å². The summed E-state index contributed by atoms with van der Waals surface area (Å²) >= 11 is 4.97. The van der Waals surface area contributed by atoms with Crippen molar-refractivity contribution in [3.8, 4) is 11.1 Å². The monoisotopic (exact) mass is 296 g/mol. The first-order valence-electron chi connectivity index (χ1n) is 4.65. The van der Waals surface area contributed by atoms with Crippen molar-refractivity contribution in [3.63, 3.8) is 0 Å². The highest BCUT2D eigenvalue weighted by Gasteiger charge is 2.14. The third-order valence-corrected chi connectivity index (χ3v) is 4.01. The van der Waals surface area contributed by atoms with Crippen LogP contribution in [0, 0.1) is 6.92 Å². The lowest BCUT2D eigenvalue weighted by atomic mass is 10.00. The fourth-order valence-electron chi connectivity index (χ4n) is 1.54. The van der Waals surface area contributed by atoms with Crippen LogP contribution in [0.25, 0.3) is 11.1 Å². The predicted molar refractivity (Wildman–Crippen MR) is 69.2 cm³/mol. The summed E-state index contributed by atoms with van der Waals surface area (Å²) in [6.45, 7) is 1.89. The second kappa shape index (κ2) is 4.39. The zero-order valence-corrected chi connectivity index (χ0v) is 10.9. The van der Waals surface area contributed by atoms with Gasteiger partial charge >= 0.3 is 5.97 Å². The van der Waals surface area contributed by atoms with Crippen molar-refractivity contribution in [2.24, 2.45) is 0 Å². The molecule has 0 unspecified atom stereocenters. The molecule has 0 aliphatic rings. The molecule has 16 heavy (non-hydrogen) atoms. The van der Waals surface area contributed by atoms with E-state index in [0.717, 1.165) is 21.2 Å². The van der Waals surface area contributed by atoms with Gasteiger partial charge < -0.3 is 5.11 Å². The summed E-state index contributed by atoms with van der Waals surface area (Å²) in [6.07, 6.45) is 0. The Morgan fingerprint density at radius 3 is 2.62 bits per heavy atom. The van der Waals surface area contributed by atoms with E-state index in [1.54, 1.807) is 17.4 Å². The van der Waals surface area contributed by atoms with Crippen LogP contribution in [0.5, 0.6) is 0 Å². The first-order chi connectivity index (χ1) is 7.59. The lowest BCUT2D eigenvalue weighted by Gasteiger charge is -2.06. The van der Waals surface area contributed by atoms with Crippen LogP contribution in [0.1, 0.15) is 15.9 Å². The lowest BCUT2D eigenvalue weighted by molar-refractivity contribution is 0.0697. The van der Waals surface area contributed by atoms with Crippen molar-refractivity contribution < 1.29 is 9.90 Å². The van der Waals surface area contributed by atoms with Crippen molar-refractivity contribution >= 4 is 33.2 Å². The van der Waals surface area contributed by atoms with Crippen LogP contribution in [0.4, 0.5) is 0 Å². The zero-order valence-electron chi connectivity index (χ0n) is 8.53. The van der Waals surface area contributed by atoms with E-state index in [4.69, 9.17) is 5.11 Å². The number of benzene rings is 1. The number of halogens is 1. The number of aryl methyl sites for hydroxylation is 1. The minimum atomic E-state index is -0.892. The van der Waals surface area contributed by atoms with Crippen LogP contribution in [-0.4, -0.2) is 11.1 Å². The average Bonchev–Trinajstić information content (AvgIpc) is 2.64. The van der Waals surface area contributed by atoms with Gasteiger partial charge in [-0.1, -0.05) is 17.7 Å². The Bertz CT molecular complexity index is 546. The number of carbonyl (C=O) groups is 1. The SMILES string of the molecule is Cc1ccc(-c2cscc2Br)c(C(=O)O)c1. The first kappa shape index (κ1) is 11.4. The Hall–Kier alpha value is -1.13. The lowest BCUT2D eigenvalue weighted by Crippen LogP contribution is -1.99. The Kier molecular flexibility index (Phi) is 3.12. The topological polar surface area (TPSA) is 37.3 Å². The van der Waals surface area contributed by atoms with Crippen LogP contribution in [0.15, 0.2) is 33.4 Å². The number of rotatable bonds is 2. The molecular formula is C12H9BrO2S. The zero-order chi connectivity index (χ0) is 11.7. The normalized spacial score (nSPS) is 10.4. The summed E-state index contributed by atoms with van der Waals surface area (Å²) in [7, 11) is 0. The fourth-order valence-corrected chi connectivity index (χ4v) is 3.05. The Balaban J connectivity index is 2.65. The molecule has 1 aromatic heterocycles.